The molecule has 100 valence electrons. The van der Waals surface area contributed by atoms with E-state index in [-0.39, 0.29) is 0 Å². The lowest BCUT2D eigenvalue weighted by Crippen LogP contribution is -2.07. The molecular weight excluding hydrogens is 283 g/mol. The van der Waals surface area contributed by atoms with Gasteiger partial charge in [0, 0.05) is 22.0 Å². The van der Waals surface area contributed by atoms with Crippen LogP contribution in [0.2, 0.25) is 10.0 Å². The molecule has 1 aromatic heterocycles. The maximum absolute atomic E-state index is 10.3. The fourth-order valence-electron chi connectivity index (χ4n) is 1.93. The Kier molecular flexibility index (Phi) is 4.40. The number of aliphatic hydroxyl groups is 1. The van der Waals surface area contributed by atoms with Crippen molar-refractivity contribution < 1.29 is 5.11 Å². The Labute approximate surface area is 122 Å². The number of aryl methyl sites for hydroxylation is 2. The summed E-state index contributed by atoms with van der Waals surface area (Å²) >= 11 is 12.0. The zero-order valence-corrected chi connectivity index (χ0v) is 12.2. The normalized spacial score (nSPS) is 12.5. The van der Waals surface area contributed by atoms with Gasteiger partial charge in [0.15, 0.2) is 0 Å². The van der Waals surface area contributed by atoms with Gasteiger partial charge in [0.1, 0.15) is 0 Å². The summed E-state index contributed by atoms with van der Waals surface area (Å²) in [7, 11) is 0. The van der Waals surface area contributed by atoms with Crippen molar-refractivity contribution in [2.24, 2.45) is 0 Å². The molecule has 2 rings (SSSR count). The van der Waals surface area contributed by atoms with Gasteiger partial charge in [-0.15, -0.1) is 0 Å². The van der Waals surface area contributed by atoms with Crippen LogP contribution in [-0.4, -0.2) is 15.3 Å². The lowest BCUT2D eigenvalue weighted by atomic mass is 10.0. The van der Waals surface area contributed by atoms with E-state index in [0.717, 1.165) is 22.5 Å². The molecule has 1 unspecified atom stereocenters. The lowest BCUT2D eigenvalue weighted by molar-refractivity contribution is 0.177. The maximum Gasteiger partial charge on any atom is 0.0849 e. The van der Waals surface area contributed by atoms with Gasteiger partial charge >= 0.3 is 0 Å². The highest BCUT2D eigenvalue weighted by molar-refractivity contribution is 6.33. The fourth-order valence-corrected chi connectivity index (χ4v) is 2.31. The molecule has 5 heteroatoms. The van der Waals surface area contributed by atoms with Gasteiger partial charge in [0.2, 0.25) is 0 Å². The quantitative estimate of drug-likeness (QED) is 0.940. The number of hydrogen-bond acceptors (Lipinski definition) is 3. The molecule has 0 fully saturated rings. The number of rotatable bonds is 3. The molecule has 1 atom stereocenters. The number of nitrogens with zero attached hydrogens (tertiary/aromatic N) is 2. The van der Waals surface area contributed by atoms with Crippen molar-refractivity contribution in [1.82, 2.24) is 10.2 Å². The Bertz CT molecular complexity index is 602. The van der Waals surface area contributed by atoms with E-state index in [9.17, 15) is 5.11 Å². The van der Waals surface area contributed by atoms with Crippen molar-refractivity contribution in [2.45, 2.75) is 26.4 Å². The molecule has 2 aromatic rings. The summed E-state index contributed by atoms with van der Waals surface area (Å²) in [6.07, 6.45) is -0.282. The third kappa shape index (κ3) is 3.44. The van der Waals surface area contributed by atoms with Gasteiger partial charge in [-0.05, 0) is 43.7 Å². The Morgan fingerprint density at radius 2 is 1.89 bits per heavy atom. The van der Waals surface area contributed by atoms with Crippen molar-refractivity contribution in [3.05, 3.63) is 56.8 Å². The SMILES string of the molecule is Cc1cc(C(O)Cc2cc(Cl)ccc2Cl)c(C)nn1. The molecule has 19 heavy (non-hydrogen) atoms. The van der Waals surface area contributed by atoms with E-state index in [0.29, 0.717) is 16.5 Å². The largest absolute Gasteiger partial charge is 0.388 e. The van der Waals surface area contributed by atoms with Crippen LogP contribution in [0.15, 0.2) is 24.3 Å². The van der Waals surface area contributed by atoms with E-state index < -0.39 is 6.10 Å². The standard InChI is InChI=1S/C14H14Cl2N2O/c1-8-5-12(9(2)18-17-8)14(19)7-10-6-11(15)3-4-13(10)16/h3-6,14,19H,7H2,1-2H3. The molecule has 0 bridgehead atoms. The Balaban J connectivity index is 2.27. The van der Waals surface area contributed by atoms with Crippen molar-refractivity contribution in [3.63, 3.8) is 0 Å². The smallest absolute Gasteiger partial charge is 0.0849 e. The minimum absolute atomic E-state index is 0.394. The number of aromatic nitrogens is 2. The highest BCUT2D eigenvalue weighted by Gasteiger charge is 2.15. The molecule has 0 aliphatic heterocycles. The summed E-state index contributed by atoms with van der Waals surface area (Å²) in [6.45, 7) is 3.67. The van der Waals surface area contributed by atoms with Gasteiger partial charge in [0.25, 0.3) is 0 Å². The summed E-state index contributed by atoms with van der Waals surface area (Å²) in [5.41, 5.74) is 3.08. The summed E-state index contributed by atoms with van der Waals surface area (Å²) in [4.78, 5) is 0. The first-order chi connectivity index (χ1) is 8.97. The molecule has 0 saturated heterocycles. The number of benzene rings is 1. The van der Waals surface area contributed by atoms with E-state index in [4.69, 9.17) is 23.2 Å². The highest BCUT2D eigenvalue weighted by Crippen LogP contribution is 2.27. The third-order valence-corrected chi connectivity index (χ3v) is 3.52. The van der Waals surface area contributed by atoms with Crippen LogP contribution in [0.5, 0.6) is 0 Å². The Morgan fingerprint density at radius 1 is 1.16 bits per heavy atom. The first kappa shape index (κ1) is 14.3. The van der Waals surface area contributed by atoms with Crippen molar-refractivity contribution >= 4 is 23.2 Å². The first-order valence-corrected chi connectivity index (χ1v) is 6.66. The molecular formula is C14H14Cl2N2O. The predicted molar refractivity (Wildman–Crippen MR) is 76.6 cm³/mol. The third-order valence-electron chi connectivity index (χ3n) is 2.92. The van der Waals surface area contributed by atoms with Crippen molar-refractivity contribution in [3.8, 4) is 0 Å². The summed E-state index contributed by atoms with van der Waals surface area (Å²) in [5.74, 6) is 0. The van der Waals surface area contributed by atoms with E-state index >= 15 is 0 Å². The first-order valence-electron chi connectivity index (χ1n) is 5.90. The summed E-state index contributed by atoms with van der Waals surface area (Å²) < 4.78 is 0. The predicted octanol–water partition coefficient (Wildman–Crippen LogP) is 3.68. The average molecular weight is 297 g/mol. The van der Waals surface area contributed by atoms with Crippen LogP contribution in [0.25, 0.3) is 0 Å². The molecule has 1 N–H and O–H groups in total. The minimum atomic E-state index is -0.676. The van der Waals surface area contributed by atoms with Gasteiger partial charge in [0.05, 0.1) is 17.5 Å². The number of halogens is 2. The molecule has 0 spiro atoms. The molecule has 1 aromatic carbocycles. The van der Waals surface area contributed by atoms with Crippen molar-refractivity contribution in [2.75, 3.05) is 0 Å². The van der Waals surface area contributed by atoms with Crippen LogP contribution < -0.4 is 0 Å². The topological polar surface area (TPSA) is 46.0 Å². The highest BCUT2D eigenvalue weighted by atomic mass is 35.5. The molecule has 0 radical (unpaired) electrons. The van der Waals surface area contributed by atoms with Crippen LogP contribution in [0, 0.1) is 13.8 Å². The lowest BCUT2D eigenvalue weighted by Gasteiger charge is -2.14. The monoisotopic (exact) mass is 296 g/mol. The minimum Gasteiger partial charge on any atom is -0.388 e. The van der Waals surface area contributed by atoms with E-state index in [1.54, 1.807) is 18.2 Å². The summed E-state index contributed by atoms with van der Waals surface area (Å²) in [5, 5.41) is 19.5. The van der Waals surface area contributed by atoms with E-state index in [1.165, 1.54) is 0 Å². The Hall–Kier alpha value is -1.16. The van der Waals surface area contributed by atoms with E-state index in [2.05, 4.69) is 10.2 Å². The van der Waals surface area contributed by atoms with Crippen LogP contribution in [0.4, 0.5) is 0 Å². The van der Waals surface area contributed by atoms with Crippen LogP contribution in [-0.2, 0) is 6.42 Å². The maximum atomic E-state index is 10.3. The van der Waals surface area contributed by atoms with Gasteiger partial charge in [-0.3, -0.25) is 0 Å². The Morgan fingerprint density at radius 3 is 2.63 bits per heavy atom. The second kappa shape index (κ2) is 5.87. The summed E-state index contributed by atoms with van der Waals surface area (Å²) in [6, 6.07) is 7.06. The van der Waals surface area contributed by atoms with Gasteiger partial charge in [-0.1, -0.05) is 23.2 Å². The molecule has 1 heterocycles. The molecule has 0 amide bonds. The second-order valence-corrected chi connectivity index (χ2v) is 5.33. The van der Waals surface area contributed by atoms with Gasteiger partial charge in [-0.25, -0.2) is 0 Å². The zero-order valence-electron chi connectivity index (χ0n) is 10.7. The van der Waals surface area contributed by atoms with Gasteiger partial charge < -0.3 is 5.11 Å². The average Bonchev–Trinajstić information content (AvgIpc) is 2.36. The molecule has 3 nitrogen and oxygen atoms in total. The number of aliphatic hydroxyl groups excluding tert-OH is 1. The molecule has 0 aliphatic rings. The van der Waals surface area contributed by atoms with E-state index in [1.807, 2.05) is 19.9 Å². The van der Waals surface area contributed by atoms with Crippen LogP contribution in [0.1, 0.15) is 28.6 Å². The molecule has 0 saturated carbocycles. The second-order valence-electron chi connectivity index (χ2n) is 4.48. The zero-order chi connectivity index (χ0) is 14.0. The fraction of sp³-hybridized carbons (Fsp3) is 0.286. The van der Waals surface area contributed by atoms with Gasteiger partial charge in [-0.2, -0.15) is 10.2 Å². The molecule has 0 aliphatic carbocycles. The van der Waals surface area contributed by atoms with Crippen LogP contribution in [0.3, 0.4) is 0 Å². The van der Waals surface area contributed by atoms with Crippen LogP contribution >= 0.6 is 23.2 Å². The van der Waals surface area contributed by atoms with Crippen molar-refractivity contribution in [1.29, 1.82) is 0 Å². The number of hydrogen-bond donors (Lipinski definition) is 1.